The molecule has 6 aromatic rings. The van der Waals surface area contributed by atoms with Gasteiger partial charge >= 0.3 is 13.2 Å². The lowest BCUT2D eigenvalue weighted by molar-refractivity contribution is -0.120. The molecule has 28 heteroatoms. The number of carbonyl (C=O) groups is 4. The second-order valence-corrected chi connectivity index (χ2v) is 24.7. The van der Waals surface area contributed by atoms with Crippen LogP contribution in [0.15, 0.2) is 24.8 Å². The minimum absolute atomic E-state index is 0.0490. The van der Waals surface area contributed by atoms with Gasteiger partial charge in [0.25, 0.3) is 0 Å². The molecular formula is C54H60F8N12O6S2. The highest BCUT2D eigenvalue weighted by Gasteiger charge is 2.45. The standard InChI is InChI=1S/2C27H30F4N6O3S/c2*1-36-23(11-24(35-36)40-26(30)31)33-27-34-32-12-37(27)15-3-5-21-17(8-15)25(19(38)4-2-13-6-14(28)7-13)22(41-21)10-20(39)16-9-18(16)29/h2*11-16,18,26H,2-10H2,1H3,(H,33,34)/t2*13?,14?,15-,16-,18-/m00/s1. The van der Waals surface area contributed by atoms with Crippen LogP contribution in [0.5, 0.6) is 11.8 Å². The predicted molar refractivity (Wildman–Crippen MR) is 283 cm³/mol. The molecule has 0 radical (unpaired) electrons. The molecule has 18 nitrogen and oxygen atoms in total. The van der Waals surface area contributed by atoms with Crippen LogP contribution in [0.25, 0.3) is 0 Å². The molecule has 0 spiro atoms. The smallest absolute Gasteiger partial charge is 0.388 e. The maximum Gasteiger partial charge on any atom is 0.388 e. The highest BCUT2D eigenvalue weighted by Crippen LogP contribution is 2.45. The SMILES string of the molecule is Cn1nc(OC(F)F)cc1Nc1nncn1[C@H]1CCc2sc(CC(=O)[C@H]3C[C@@H]3F)c(C(=O)CCC3CC(F)C3)c2C1.Cn1nc(OC(F)F)cc1Nc1nncn1[C@H]1CCc2sc(CC(=O)[C@H]3C[C@@H]3F)c(C(=O)CCC3CC(F)C3)c2C1. The number of hydrogen-bond acceptors (Lipinski definition) is 16. The first-order valence-electron chi connectivity index (χ1n) is 27.6. The van der Waals surface area contributed by atoms with Gasteiger partial charge in [0, 0.05) is 94.6 Å². The summed E-state index contributed by atoms with van der Waals surface area (Å²) < 4.78 is 119. The molecule has 6 aliphatic carbocycles. The first-order chi connectivity index (χ1) is 39.3. The third kappa shape index (κ3) is 12.8. The average Bonchev–Trinajstić information content (AvgIpc) is 3.46. The van der Waals surface area contributed by atoms with Crippen LogP contribution in [0.3, 0.4) is 0 Å². The van der Waals surface area contributed by atoms with Crippen molar-refractivity contribution in [1.29, 1.82) is 0 Å². The van der Waals surface area contributed by atoms with Gasteiger partial charge in [-0.3, -0.25) is 28.3 Å². The maximum absolute atomic E-state index is 13.6. The zero-order valence-corrected chi connectivity index (χ0v) is 46.4. The Morgan fingerprint density at radius 2 is 1.01 bits per heavy atom. The van der Waals surface area contributed by atoms with Crippen LogP contribution in [0.1, 0.15) is 140 Å². The van der Waals surface area contributed by atoms with Gasteiger partial charge in [-0.15, -0.1) is 53.3 Å². The van der Waals surface area contributed by atoms with Crippen LogP contribution >= 0.6 is 22.7 Å². The van der Waals surface area contributed by atoms with Crippen molar-refractivity contribution in [3.63, 3.8) is 0 Å². The number of ketones is 4. The molecule has 82 heavy (non-hydrogen) atoms. The summed E-state index contributed by atoms with van der Waals surface area (Å²) in [4.78, 5) is 56.1. The van der Waals surface area contributed by atoms with Crippen molar-refractivity contribution < 1.29 is 63.8 Å². The molecule has 0 amide bonds. The Bertz CT molecular complexity index is 3110. The van der Waals surface area contributed by atoms with E-state index < -0.39 is 49.7 Å². The molecule has 0 aliphatic heterocycles. The molecule has 4 fully saturated rings. The number of nitrogens with zero attached hydrogens (tertiary/aromatic N) is 10. The van der Waals surface area contributed by atoms with Gasteiger partial charge in [-0.2, -0.15) is 17.6 Å². The summed E-state index contributed by atoms with van der Waals surface area (Å²) in [7, 11) is 3.15. The van der Waals surface area contributed by atoms with E-state index in [9.17, 15) is 54.3 Å². The zero-order chi connectivity index (χ0) is 57.7. The van der Waals surface area contributed by atoms with Crippen LogP contribution in [0, 0.1) is 23.7 Å². The molecule has 0 unspecified atom stereocenters. The quantitative estimate of drug-likeness (QED) is 0.0427. The van der Waals surface area contributed by atoms with E-state index in [1.807, 2.05) is 9.13 Å². The van der Waals surface area contributed by atoms with Crippen molar-refractivity contribution in [2.24, 2.45) is 37.8 Å². The molecule has 440 valence electrons. The number of halogens is 8. The number of carbonyl (C=O) groups excluding carboxylic acids is 4. The molecule has 0 bridgehead atoms. The molecule has 12 rings (SSSR count). The number of rotatable bonds is 24. The largest absolute Gasteiger partial charge is 0.415 e. The average molecular weight is 1190 g/mol. The van der Waals surface area contributed by atoms with Gasteiger partial charge < -0.3 is 20.1 Å². The van der Waals surface area contributed by atoms with Gasteiger partial charge in [-0.05, 0) is 113 Å². The number of nitrogens with one attached hydrogen (secondary N) is 2. The number of alkyl halides is 8. The molecule has 6 atom stereocenters. The third-order valence-corrected chi connectivity index (χ3v) is 19.1. The number of hydrogen-bond donors (Lipinski definition) is 2. The first kappa shape index (κ1) is 57.2. The fourth-order valence-electron chi connectivity index (χ4n) is 11.7. The highest BCUT2D eigenvalue weighted by molar-refractivity contribution is 7.13. The molecule has 6 heterocycles. The fourth-order valence-corrected chi connectivity index (χ4v) is 14.5. The van der Waals surface area contributed by atoms with E-state index in [1.165, 1.54) is 44.2 Å². The van der Waals surface area contributed by atoms with E-state index in [4.69, 9.17) is 0 Å². The Morgan fingerprint density at radius 1 is 0.622 bits per heavy atom. The summed E-state index contributed by atoms with van der Waals surface area (Å²) in [5.41, 5.74) is 2.93. The number of fused-ring (bicyclic) bond motifs is 2. The number of Topliss-reactive ketones (excluding diaryl/α,β-unsaturated/α-hetero) is 4. The number of aryl methyl sites for hydroxylation is 4. The molecule has 0 saturated heterocycles. The lowest BCUT2D eigenvalue weighted by Crippen LogP contribution is -2.25. The van der Waals surface area contributed by atoms with Crippen LogP contribution in [0.4, 0.5) is 58.7 Å². The number of thiophene rings is 2. The Balaban J connectivity index is 0.000000172. The van der Waals surface area contributed by atoms with Gasteiger partial charge in [0.05, 0.1) is 11.8 Å². The minimum Gasteiger partial charge on any atom is -0.415 e. The van der Waals surface area contributed by atoms with Gasteiger partial charge in [0.2, 0.25) is 23.7 Å². The van der Waals surface area contributed by atoms with E-state index in [0.717, 1.165) is 33.7 Å². The highest BCUT2D eigenvalue weighted by atomic mass is 32.1. The number of ether oxygens (including phenoxy) is 2. The van der Waals surface area contributed by atoms with Crippen LogP contribution in [-0.2, 0) is 62.2 Å². The van der Waals surface area contributed by atoms with E-state index >= 15 is 0 Å². The predicted octanol–water partition coefficient (Wildman–Crippen LogP) is 10.7. The van der Waals surface area contributed by atoms with Crippen LogP contribution in [-0.4, -0.2) is 110 Å². The molecule has 2 N–H and O–H groups in total. The second-order valence-electron chi connectivity index (χ2n) is 22.3. The summed E-state index contributed by atoms with van der Waals surface area (Å²) in [6, 6.07) is 2.43. The lowest BCUT2D eigenvalue weighted by Gasteiger charge is -2.29. The Kier molecular flexibility index (Phi) is 16.7. The zero-order valence-electron chi connectivity index (χ0n) is 44.7. The summed E-state index contributed by atoms with van der Waals surface area (Å²) in [6.45, 7) is -6.00. The van der Waals surface area contributed by atoms with E-state index in [0.29, 0.717) is 109 Å². The topological polar surface area (TPSA) is 208 Å². The molecule has 6 aromatic heterocycles. The second kappa shape index (κ2) is 24.0. The van der Waals surface area contributed by atoms with Crippen LogP contribution in [0.2, 0.25) is 0 Å². The van der Waals surface area contributed by atoms with Crippen LogP contribution < -0.4 is 20.1 Å². The number of anilines is 4. The lowest BCUT2D eigenvalue weighted by atomic mass is 9.79. The van der Waals surface area contributed by atoms with E-state index in [1.54, 1.807) is 26.7 Å². The van der Waals surface area contributed by atoms with Crippen molar-refractivity contribution in [3.8, 4) is 11.8 Å². The Labute approximate surface area is 472 Å². The molecule has 0 aromatic carbocycles. The van der Waals surface area contributed by atoms with Crippen molar-refractivity contribution in [2.75, 3.05) is 10.6 Å². The summed E-state index contributed by atoms with van der Waals surface area (Å²) in [5, 5.41) is 30.3. The fraction of sp³-hybridized carbons (Fsp3) is 0.593. The van der Waals surface area contributed by atoms with E-state index in [2.05, 4.69) is 50.7 Å². The normalized spacial score (nSPS) is 25.1. The minimum atomic E-state index is -3.00. The first-order valence-corrected chi connectivity index (χ1v) is 29.2. The van der Waals surface area contributed by atoms with E-state index in [-0.39, 0.29) is 97.3 Å². The van der Waals surface area contributed by atoms with Gasteiger partial charge in [-0.1, -0.05) is 0 Å². The molecule has 6 aliphatic rings. The van der Waals surface area contributed by atoms with Gasteiger partial charge in [-0.25, -0.2) is 26.9 Å². The van der Waals surface area contributed by atoms with Crippen molar-refractivity contribution in [3.05, 3.63) is 66.5 Å². The monoisotopic (exact) mass is 1190 g/mol. The molecule has 4 saturated carbocycles. The van der Waals surface area contributed by atoms with Crippen molar-refractivity contribution >= 4 is 69.3 Å². The van der Waals surface area contributed by atoms with Gasteiger partial charge in [0.1, 0.15) is 60.5 Å². The van der Waals surface area contributed by atoms with Crippen molar-refractivity contribution in [2.45, 2.75) is 166 Å². The number of aromatic nitrogens is 10. The Morgan fingerprint density at radius 3 is 1.37 bits per heavy atom. The summed E-state index contributed by atoms with van der Waals surface area (Å²) in [6.07, 6.45) is 7.50. The Hall–Kier alpha value is -6.58. The summed E-state index contributed by atoms with van der Waals surface area (Å²) >= 11 is 2.94. The van der Waals surface area contributed by atoms with Crippen molar-refractivity contribution in [1.82, 2.24) is 49.1 Å². The van der Waals surface area contributed by atoms with Gasteiger partial charge in [0.15, 0.2) is 11.6 Å². The maximum atomic E-state index is 13.6. The third-order valence-electron chi connectivity index (χ3n) is 16.6. The molecular weight excluding hydrogens is 1130 g/mol. The summed E-state index contributed by atoms with van der Waals surface area (Å²) in [5.74, 6) is -0.192.